The van der Waals surface area contributed by atoms with Crippen molar-refractivity contribution in [2.45, 2.75) is 40.2 Å². The first kappa shape index (κ1) is 34.4. The van der Waals surface area contributed by atoms with Gasteiger partial charge in [0, 0.05) is 77.3 Å². The Morgan fingerprint density at radius 2 is 1.44 bits per heavy atom. The molecule has 0 saturated carbocycles. The summed E-state index contributed by atoms with van der Waals surface area (Å²) in [4.78, 5) is 44.5. The Balaban J connectivity index is 1.48. The number of ether oxygens (including phenoxy) is 2. The second-order valence-electron chi connectivity index (χ2n) is 12.5. The largest absolute Gasteiger partial charge is 0.507 e. The number of aromatic hydroxyl groups is 1. The molecule has 2 aliphatic heterocycles. The van der Waals surface area contributed by atoms with Gasteiger partial charge in [0.05, 0.1) is 18.4 Å². The molecule has 0 fully saturated rings. The molecule has 266 valence electrons. The molecule has 0 atom stereocenters. The molecule has 1 spiro atoms. The van der Waals surface area contributed by atoms with Crippen LogP contribution < -0.4 is 20.2 Å². The van der Waals surface area contributed by atoms with Crippen LogP contribution in [0.3, 0.4) is 0 Å². The van der Waals surface area contributed by atoms with Gasteiger partial charge in [-0.2, -0.15) is 5.10 Å². The summed E-state index contributed by atoms with van der Waals surface area (Å²) in [5.41, 5.74) is 2.18. The lowest BCUT2D eigenvalue weighted by Gasteiger charge is -2.42. The minimum Gasteiger partial charge on any atom is -0.507 e. The summed E-state index contributed by atoms with van der Waals surface area (Å²) in [5, 5.41) is 17.7. The van der Waals surface area contributed by atoms with E-state index in [9.17, 15) is 19.5 Å². The summed E-state index contributed by atoms with van der Waals surface area (Å²) >= 11 is 0. The van der Waals surface area contributed by atoms with E-state index >= 15 is 0 Å². The standard InChI is InChI=1S/C41H40N4O7/c1-6-43(7-2)26-16-18-32-35(22-26)51-36-23-27(44(8-3)9-4)17-19-33(36)41(32)31-14-12-11-13-28(31)38(47)45(41)42-24-30-34(46)20-15-25-21-29(39(48)50-10-5)40(49)52-37(25)30/h11-24,46H,6-10H2,1-5H3/b42-24+. The first-order valence-corrected chi connectivity index (χ1v) is 17.6. The van der Waals surface area contributed by atoms with E-state index in [2.05, 4.69) is 37.5 Å². The van der Waals surface area contributed by atoms with Crippen molar-refractivity contribution in [3.8, 4) is 17.2 Å². The predicted octanol–water partition coefficient (Wildman–Crippen LogP) is 7.26. The molecule has 4 aromatic carbocycles. The van der Waals surface area contributed by atoms with Gasteiger partial charge < -0.3 is 28.8 Å². The molecule has 5 aromatic rings. The molecule has 0 aliphatic carbocycles. The fraction of sp³-hybridized carbons (Fsp3) is 0.268. The molecule has 1 aromatic heterocycles. The number of hydrogen-bond donors (Lipinski definition) is 1. The maximum absolute atomic E-state index is 14.6. The monoisotopic (exact) mass is 700 g/mol. The Morgan fingerprint density at radius 3 is 2.04 bits per heavy atom. The molecule has 3 heterocycles. The molecule has 52 heavy (non-hydrogen) atoms. The number of benzene rings is 4. The maximum Gasteiger partial charge on any atom is 0.351 e. The third-order valence-corrected chi connectivity index (χ3v) is 9.96. The molecule has 0 unspecified atom stereocenters. The summed E-state index contributed by atoms with van der Waals surface area (Å²) < 4.78 is 17.4. The number of hydrogen-bond acceptors (Lipinski definition) is 10. The number of rotatable bonds is 10. The lowest BCUT2D eigenvalue weighted by atomic mass is 9.75. The zero-order valence-corrected chi connectivity index (χ0v) is 29.8. The highest BCUT2D eigenvalue weighted by atomic mass is 16.5. The van der Waals surface area contributed by atoms with E-state index in [1.165, 1.54) is 29.4 Å². The van der Waals surface area contributed by atoms with Gasteiger partial charge in [-0.3, -0.25) is 4.79 Å². The number of fused-ring (bicyclic) bond motifs is 7. The number of nitrogens with zero attached hydrogens (tertiary/aromatic N) is 4. The number of amides is 1. The molecule has 0 saturated heterocycles. The van der Waals surface area contributed by atoms with Gasteiger partial charge in [0.25, 0.3) is 5.91 Å². The number of phenols is 1. The molecule has 1 amide bonds. The van der Waals surface area contributed by atoms with Gasteiger partial charge in [-0.15, -0.1) is 0 Å². The van der Waals surface area contributed by atoms with Crippen molar-refractivity contribution in [1.82, 2.24) is 5.01 Å². The van der Waals surface area contributed by atoms with E-state index in [4.69, 9.17) is 19.0 Å². The topological polar surface area (TPSA) is 125 Å². The Labute approximate surface area is 301 Å². The number of hydrazone groups is 1. The van der Waals surface area contributed by atoms with Gasteiger partial charge in [0.1, 0.15) is 28.4 Å². The number of anilines is 2. The van der Waals surface area contributed by atoms with Gasteiger partial charge in [-0.05, 0) is 71.0 Å². The molecule has 0 radical (unpaired) electrons. The molecule has 11 heteroatoms. The fourth-order valence-corrected chi connectivity index (χ4v) is 7.43. The van der Waals surface area contributed by atoms with Gasteiger partial charge >= 0.3 is 11.6 Å². The summed E-state index contributed by atoms with van der Waals surface area (Å²) in [6.45, 7) is 13.3. The highest BCUT2D eigenvalue weighted by molar-refractivity contribution is 6.05. The first-order chi connectivity index (χ1) is 25.2. The average molecular weight is 701 g/mol. The second-order valence-corrected chi connectivity index (χ2v) is 12.5. The van der Waals surface area contributed by atoms with E-state index in [1.807, 2.05) is 54.6 Å². The summed E-state index contributed by atoms with van der Waals surface area (Å²) in [6, 6.07) is 23.8. The molecule has 2 aliphatic rings. The van der Waals surface area contributed by atoms with Gasteiger partial charge in [0.2, 0.25) is 0 Å². The fourth-order valence-electron chi connectivity index (χ4n) is 7.43. The van der Waals surface area contributed by atoms with Crippen LogP contribution in [0.5, 0.6) is 17.2 Å². The summed E-state index contributed by atoms with van der Waals surface area (Å²) in [6.07, 6.45) is 1.32. The molecular weight excluding hydrogens is 660 g/mol. The zero-order valence-electron chi connectivity index (χ0n) is 29.8. The zero-order chi connectivity index (χ0) is 36.7. The SMILES string of the molecule is CCOC(=O)c1cc2ccc(O)c(/C=N/N3C(=O)c4ccccc4C34c3ccc(N(CC)CC)cc3Oc3cc(N(CC)CC)ccc34)c2oc1=O. The van der Waals surface area contributed by atoms with Crippen LogP contribution in [0.15, 0.2) is 93.2 Å². The quantitative estimate of drug-likeness (QED) is 0.0911. The Kier molecular flexibility index (Phi) is 8.95. The van der Waals surface area contributed by atoms with Crippen LogP contribution in [0, 0.1) is 0 Å². The Hall–Kier alpha value is -6.10. The highest BCUT2D eigenvalue weighted by Crippen LogP contribution is 2.58. The van der Waals surface area contributed by atoms with Crippen molar-refractivity contribution < 1.29 is 28.6 Å². The van der Waals surface area contributed by atoms with Crippen LogP contribution in [0.25, 0.3) is 11.0 Å². The van der Waals surface area contributed by atoms with Crippen LogP contribution in [0.2, 0.25) is 0 Å². The number of phenolic OH excluding ortho intramolecular Hbond substituents is 1. The predicted molar refractivity (Wildman–Crippen MR) is 200 cm³/mol. The summed E-state index contributed by atoms with van der Waals surface area (Å²) in [7, 11) is 0. The van der Waals surface area contributed by atoms with E-state index < -0.39 is 17.1 Å². The third-order valence-electron chi connectivity index (χ3n) is 9.96. The van der Waals surface area contributed by atoms with Crippen molar-refractivity contribution >= 4 is 40.4 Å². The lowest BCUT2D eigenvalue weighted by molar-refractivity contribution is 0.0521. The smallest absolute Gasteiger partial charge is 0.351 e. The van der Waals surface area contributed by atoms with Gasteiger partial charge in [-0.1, -0.05) is 30.3 Å². The van der Waals surface area contributed by atoms with Crippen LogP contribution in [-0.2, 0) is 10.3 Å². The molecule has 0 bridgehead atoms. The molecule has 11 nitrogen and oxygen atoms in total. The van der Waals surface area contributed by atoms with Crippen molar-refractivity contribution in [2.75, 3.05) is 42.6 Å². The van der Waals surface area contributed by atoms with Crippen molar-refractivity contribution in [2.24, 2.45) is 5.10 Å². The van der Waals surface area contributed by atoms with Gasteiger partial charge in [-0.25, -0.2) is 14.6 Å². The van der Waals surface area contributed by atoms with Crippen molar-refractivity contribution in [3.05, 3.63) is 123 Å². The molecule has 1 N–H and O–H groups in total. The number of esters is 1. The van der Waals surface area contributed by atoms with E-state index in [0.717, 1.165) is 54.2 Å². The Bertz CT molecular complexity index is 2240. The molecular formula is C41H40N4O7. The number of carbonyl (C=O) groups excluding carboxylic acids is 2. The first-order valence-electron chi connectivity index (χ1n) is 17.6. The van der Waals surface area contributed by atoms with Gasteiger partial charge in [0.15, 0.2) is 5.58 Å². The highest BCUT2D eigenvalue weighted by Gasteiger charge is 2.57. The Morgan fingerprint density at radius 1 is 0.827 bits per heavy atom. The minimum absolute atomic E-state index is 0.000477. The van der Waals surface area contributed by atoms with E-state index in [0.29, 0.717) is 22.4 Å². The van der Waals surface area contributed by atoms with E-state index in [1.54, 1.807) is 13.0 Å². The normalized spacial score (nSPS) is 13.9. The maximum atomic E-state index is 14.6. The minimum atomic E-state index is -1.27. The lowest BCUT2D eigenvalue weighted by Crippen LogP contribution is -2.44. The molecule has 7 rings (SSSR count). The summed E-state index contributed by atoms with van der Waals surface area (Å²) in [5.74, 6) is -0.236. The number of carbonyl (C=O) groups is 2. The van der Waals surface area contributed by atoms with E-state index in [-0.39, 0.29) is 35.0 Å². The third kappa shape index (κ3) is 5.26. The van der Waals surface area contributed by atoms with Crippen molar-refractivity contribution in [1.29, 1.82) is 0 Å². The van der Waals surface area contributed by atoms with Crippen molar-refractivity contribution in [3.63, 3.8) is 0 Å². The van der Waals surface area contributed by atoms with Crippen LogP contribution in [0.4, 0.5) is 11.4 Å². The van der Waals surface area contributed by atoms with Crippen LogP contribution >= 0.6 is 0 Å². The van der Waals surface area contributed by atoms with Crippen LogP contribution in [0.1, 0.15) is 77.6 Å². The average Bonchev–Trinajstić information content (AvgIpc) is 3.39. The second kappa shape index (κ2) is 13.6. The van der Waals surface area contributed by atoms with Crippen LogP contribution in [-0.4, -0.2) is 61.0 Å².